The lowest BCUT2D eigenvalue weighted by Gasteiger charge is -2.23. The van der Waals surface area contributed by atoms with Gasteiger partial charge in [0, 0.05) is 30.4 Å². The fourth-order valence-electron chi connectivity index (χ4n) is 3.66. The predicted molar refractivity (Wildman–Crippen MR) is 95.5 cm³/mol. The van der Waals surface area contributed by atoms with Crippen molar-refractivity contribution in [3.63, 3.8) is 0 Å². The Morgan fingerprint density at radius 1 is 1.33 bits per heavy atom. The van der Waals surface area contributed by atoms with Gasteiger partial charge in [0.15, 0.2) is 0 Å². The van der Waals surface area contributed by atoms with Crippen LogP contribution < -0.4 is 5.73 Å². The van der Waals surface area contributed by atoms with Crippen LogP contribution in [0.25, 0.3) is 5.69 Å². The van der Waals surface area contributed by atoms with Gasteiger partial charge in [-0.05, 0) is 44.9 Å². The number of halogens is 3. The minimum Gasteiger partial charge on any atom is -0.338 e. The van der Waals surface area contributed by atoms with Crippen molar-refractivity contribution >= 4 is 5.91 Å². The molecule has 0 spiro atoms. The highest BCUT2D eigenvalue weighted by Gasteiger charge is 2.31. The van der Waals surface area contributed by atoms with E-state index in [1.54, 1.807) is 24.8 Å². The molecule has 1 aromatic carbocycles. The summed E-state index contributed by atoms with van der Waals surface area (Å²) >= 11 is 0. The van der Waals surface area contributed by atoms with Gasteiger partial charge in [-0.2, -0.15) is 18.3 Å². The number of hydrogen-bond acceptors (Lipinski definition) is 3. The first-order valence-corrected chi connectivity index (χ1v) is 8.94. The van der Waals surface area contributed by atoms with Gasteiger partial charge >= 0.3 is 6.18 Å². The number of nitrogens with zero attached hydrogens (tertiary/aromatic N) is 3. The van der Waals surface area contributed by atoms with E-state index in [1.165, 1.54) is 10.7 Å². The Hall–Kier alpha value is -2.35. The van der Waals surface area contributed by atoms with E-state index in [2.05, 4.69) is 5.10 Å². The summed E-state index contributed by atoms with van der Waals surface area (Å²) in [6, 6.07) is 5.09. The highest BCUT2D eigenvalue weighted by atomic mass is 19.4. The molecule has 146 valence electrons. The SMILES string of the molecule is Cc1nn(-c2cccc(C(F)(F)F)c2)c(C)c1CC(=O)N1CCC[C@H]1CN. The summed E-state index contributed by atoms with van der Waals surface area (Å²) in [5, 5.41) is 4.38. The first-order valence-electron chi connectivity index (χ1n) is 8.94. The minimum atomic E-state index is -4.42. The van der Waals surface area contributed by atoms with Crippen LogP contribution in [-0.2, 0) is 17.4 Å². The molecule has 1 amide bonds. The van der Waals surface area contributed by atoms with E-state index in [4.69, 9.17) is 5.73 Å². The molecule has 2 heterocycles. The molecule has 5 nitrogen and oxygen atoms in total. The monoisotopic (exact) mass is 380 g/mol. The molecule has 1 saturated heterocycles. The van der Waals surface area contributed by atoms with E-state index in [0.717, 1.165) is 30.5 Å². The number of benzene rings is 1. The maximum atomic E-state index is 13.0. The molecule has 27 heavy (non-hydrogen) atoms. The molecule has 0 radical (unpaired) electrons. The van der Waals surface area contributed by atoms with Gasteiger partial charge in [0.1, 0.15) is 0 Å². The lowest BCUT2D eigenvalue weighted by molar-refractivity contribution is -0.137. The van der Waals surface area contributed by atoms with Gasteiger partial charge in [0.2, 0.25) is 5.91 Å². The summed E-state index contributed by atoms with van der Waals surface area (Å²) in [4.78, 5) is 14.5. The van der Waals surface area contributed by atoms with Crippen LogP contribution in [0.15, 0.2) is 24.3 Å². The molecule has 0 saturated carbocycles. The van der Waals surface area contributed by atoms with Crippen molar-refractivity contribution in [3.05, 3.63) is 46.8 Å². The molecular weight excluding hydrogens is 357 g/mol. The second-order valence-corrected chi connectivity index (χ2v) is 6.90. The smallest absolute Gasteiger partial charge is 0.338 e. The Balaban J connectivity index is 1.88. The molecule has 1 aliphatic rings. The number of carbonyl (C=O) groups excluding carboxylic acids is 1. The molecule has 1 fully saturated rings. The van der Waals surface area contributed by atoms with Crippen LogP contribution in [-0.4, -0.2) is 39.7 Å². The highest BCUT2D eigenvalue weighted by molar-refractivity contribution is 5.80. The first kappa shape index (κ1) is 19.4. The van der Waals surface area contributed by atoms with Gasteiger partial charge in [-0.15, -0.1) is 0 Å². The van der Waals surface area contributed by atoms with E-state index in [9.17, 15) is 18.0 Å². The van der Waals surface area contributed by atoms with Crippen molar-refractivity contribution in [1.82, 2.24) is 14.7 Å². The maximum absolute atomic E-state index is 13.0. The molecule has 0 aliphatic carbocycles. The maximum Gasteiger partial charge on any atom is 0.416 e. The normalized spacial score (nSPS) is 17.6. The third-order valence-electron chi connectivity index (χ3n) is 5.16. The second-order valence-electron chi connectivity index (χ2n) is 6.90. The Labute approximate surface area is 155 Å². The van der Waals surface area contributed by atoms with Crippen LogP contribution in [0.3, 0.4) is 0 Å². The Morgan fingerprint density at radius 2 is 2.07 bits per heavy atom. The zero-order valence-electron chi connectivity index (χ0n) is 15.4. The average Bonchev–Trinajstić information content (AvgIpc) is 3.21. The number of aryl methyl sites for hydroxylation is 1. The molecule has 0 bridgehead atoms. The number of likely N-dealkylation sites (tertiary alicyclic amines) is 1. The van der Waals surface area contributed by atoms with E-state index < -0.39 is 11.7 Å². The van der Waals surface area contributed by atoms with Crippen LogP contribution in [0.1, 0.15) is 35.4 Å². The third-order valence-corrected chi connectivity index (χ3v) is 5.16. The van der Waals surface area contributed by atoms with Crippen LogP contribution in [0, 0.1) is 13.8 Å². The number of alkyl halides is 3. The van der Waals surface area contributed by atoms with Crippen molar-refractivity contribution in [1.29, 1.82) is 0 Å². The van der Waals surface area contributed by atoms with Gasteiger partial charge in [-0.1, -0.05) is 6.07 Å². The molecule has 1 aliphatic heterocycles. The topological polar surface area (TPSA) is 64.2 Å². The van der Waals surface area contributed by atoms with Crippen molar-refractivity contribution in [3.8, 4) is 5.69 Å². The molecule has 2 aromatic rings. The van der Waals surface area contributed by atoms with Crippen LogP contribution in [0.2, 0.25) is 0 Å². The average molecular weight is 380 g/mol. The van der Waals surface area contributed by atoms with Gasteiger partial charge in [-0.25, -0.2) is 4.68 Å². The first-order chi connectivity index (χ1) is 12.7. The number of aromatic nitrogens is 2. The van der Waals surface area contributed by atoms with Gasteiger partial charge in [-0.3, -0.25) is 4.79 Å². The minimum absolute atomic E-state index is 0.0160. The fourth-order valence-corrected chi connectivity index (χ4v) is 3.66. The Morgan fingerprint density at radius 3 is 2.74 bits per heavy atom. The van der Waals surface area contributed by atoms with Crippen LogP contribution >= 0.6 is 0 Å². The van der Waals surface area contributed by atoms with Gasteiger partial charge in [0.05, 0.1) is 23.4 Å². The molecule has 3 rings (SSSR count). The largest absolute Gasteiger partial charge is 0.416 e. The van der Waals surface area contributed by atoms with Crippen molar-refractivity contribution < 1.29 is 18.0 Å². The van der Waals surface area contributed by atoms with Gasteiger partial charge in [0.25, 0.3) is 0 Å². The van der Waals surface area contributed by atoms with E-state index in [1.807, 2.05) is 0 Å². The summed E-state index contributed by atoms with van der Waals surface area (Å²) in [5.74, 6) is -0.0160. The summed E-state index contributed by atoms with van der Waals surface area (Å²) in [5.41, 5.74) is 7.40. The summed E-state index contributed by atoms with van der Waals surface area (Å²) in [6.45, 7) is 4.67. The van der Waals surface area contributed by atoms with E-state index in [-0.39, 0.29) is 18.4 Å². The lowest BCUT2D eigenvalue weighted by atomic mass is 10.1. The molecule has 1 aromatic heterocycles. The predicted octanol–water partition coefficient (Wildman–Crippen LogP) is 3.00. The second kappa shape index (κ2) is 7.34. The molecule has 2 N–H and O–H groups in total. The Bertz CT molecular complexity index is 844. The van der Waals surface area contributed by atoms with E-state index >= 15 is 0 Å². The number of nitrogens with two attached hydrogens (primary N) is 1. The zero-order chi connectivity index (χ0) is 19.8. The van der Waals surface area contributed by atoms with E-state index in [0.29, 0.717) is 30.2 Å². The lowest BCUT2D eigenvalue weighted by Crippen LogP contribution is -2.40. The highest BCUT2D eigenvalue weighted by Crippen LogP contribution is 2.31. The quantitative estimate of drug-likeness (QED) is 0.887. The standard InChI is InChI=1S/C19H23F3N4O/c1-12-17(10-18(27)25-8-4-7-16(25)11-23)13(2)26(24-12)15-6-3-5-14(9-15)19(20,21)22/h3,5-6,9,16H,4,7-8,10-11,23H2,1-2H3/t16-/m0/s1. The fraction of sp³-hybridized carbons (Fsp3) is 0.474. The Kier molecular flexibility index (Phi) is 5.28. The van der Waals surface area contributed by atoms with Crippen LogP contribution in [0.5, 0.6) is 0 Å². The van der Waals surface area contributed by atoms with Crippen molar-refractivity contribution in [2.75, 3.05) is 13.1 Å². The summed E-state index contributed by atoms with van der Waals surface area (Å²) in [6.07, 6.45) is -2.40. The number of amides is 1. The zero-order valence-corrected chi connectivity index (χ0v) is 15.4. The van der Waals surface area contributed by atoms with Crippen molar-refractivity contribution in [2.24, 2.45) is 5.73 Å². The molecular formula is C19H23F3N4O. The van der Waals surface area contributed by atoms with Crippen LogP contribution in [0.4, 0.5) is 13.2 Å². The summed E-state index contributed by atoms with van der Waals surface area (Å²) in [7, 11) is 0. The van der Waals surface area contributed by atoms with Gasteiger partial charge < -0.3 is 10.6 Å². The number of rotatable bonds is 4. The number of hydrogen-bond donors (Lipinski definition) is 1. The molecule has 0 unspecified atom stereocenters. The third kappa shape index (κ3) is 3.85. The summed E-state index contributed by atoms with van der Waals surface area (Å²) < 4.78 is 40.5. The number of carbonyl (C=O) groups is 1. The van der Waals surface area contributed by atoms with Crippen molar-refractivity contribution in [2.45, 2.75) is 45.3 Å². The molecule has 8 heteroatoms. The molecule has 1 atom stereocenters.